The van der Waals surface area contributed by atoms with Crippen molar-refractivity contribution in [2.24, 2.45) is 0 Å². The summed E-state index contributed by atoms with van der Waals surface area (Å²) in [7, 11) is 0. The summed E-state index contributed by atoms with van der Waals surface area (Å²) in [5, 5.41) is 17.8. The number of rotatable bonds is 3. The molecule has 1 aromatic rings. The summed E-state index contributed by atoms with van der Waals surface area (Å²) >= 11 is 5.45. The molecule has 0 aliphatic carbocycles. The lowest BCUT2D eigenvalue weighted by Gasteiger charge is -2.11. The molecule has 0 fully saturated rings. The van der Waals surface area contributed by atoms with Crippen LogP contribution in [0.1, 0.15) is 24.8 Å². The number of hydrogen-bond acceptors (Lipinski definition) is 2. The van der Waals surface area contributed by atoms with Gasteiger partial charge in [-0.2, -0.15) is 0 Å². The molecular formula is C10H10ClFO3. The van der Waals surface area contributed by atoms with E-state index in [0.717, 1.165) is 12.1 Å². The molecule has 15 heavy (non-hydrogen) atoms. The number of benzene rings is 1. The topological polar surface area (TPSA) is 57.5 Å². The highest BCUT2D eigenvalue weighted by Gasteiger charge is 2.16. The summed E-state index contributed by atoms with van der Waals surface area (Å²) in [4.78, 5) is 10.4. The Bertz CT molecular complexity index is 392. The first-order valence-corrected chi connectivity index (χ1v) is 4.69. The van der Waals surface area contributed by atoms with Crippen molar-refractivity contribution >= 4 is 17.6 Å². The van der Waals surface area contributed by atoms with Crippen molar-refractivity contribution in [1.82, 2.24) is 0 Å². The second kappa shape index (κ2) is 4.49. The molecule has 0 radical (unpaired) electrons. The fraction of sp³-hybridized carbons (Fsp3) is 0.300. The molecule has 0 aromatic heterocycles. The molecule has 3 nitrogen and oxygen atoms in total. The van der Waals surface area contributed by atoms with Crippen LogP contribution in [0.5, 0.6) is 5.75 Å². The Balaban J connectivity index is 3.03. The molecule has 0 amide bonds. The van der Waals surface area contributed by atoms with Crippen LogP contribution in [0.2, 0.25) is 5.02 Å². The van der Waals surface area contributed by atoms with E-state index >= 15 is 0 Å². The average molecular weight is 233 g/mol. The van der Waals surface area contributed by atoms with Gasteiger partial charge in [0.1, 0.15) is 11.6 Å². The number of halogens is 2. The normalized spacial score (nSPS) is 12.5. The van der Waals surface area contributed by atoms with Gasteiger partial charge in [0.15, 0.2) is 0 Å². The number of carboxylic acid groups (broad SMARTS) is 1. The molecule has 5 heteroatoms. The number of aliphatic carboxylic acids is 1. The second-order valence-electron chi connectivity index (χ2n) is 3.32. The summed E-state index contributed by atoms with van der Waals surface area (Å²) in [5.41, 5.74) is 0.249. The number of phenols is 1. The molecule has 0 aliphatic heterocycles. The molecule has 0 bridgehead atoms. The van der Waals surface area contributed by atoms with Crippen LogP contribution in [-0.2, 0) is 4.79 Å². The standard InChI is InChI=1S/C10H10ClFO3/c1-5(2-10(14)15)6-3-8(12)7(11)4-9(6)13/h3-5,13H,2H2,1H3,(H,14,15). The fourth-order valence-electron chi connectivity index (χ4n) is 1.32. The summed E-state index contributed by atoms with van der Waals surface area (Å²) in [6, 6.07) is 2.13. The molecule has 0 aliphatic rings. The van der Waals surface area contributed by atoms with Crippen LogP contribution in [0.15, 0.2) is 12.1 Å². The minimum atomic E-state index is -1.00. The number of carbonyl (C=O) groups is 1. The van der Waals surface area contributed by atoms with Gasteiger partial charge in [-0.3, -0.25) is 4.79 Å². The highest BCUT2D eigenvalue weighted by molar-refractivity contribution is 6.30. The monoisotopic (exact) mass is 232 g/mol. The summed E-state index contributed by atoms with van der Waals surface area (Å²) < 4.78 is 13.1. The minimum absolute atomic E-state index is 0.172. The molecule has 2 N–H and O–H groups in total. The maximum Gasteiger partial charge on any atom is 0.303 e. The molecule has 0 saturated heterocycles. The van der Waals surface area contributed by atoms with E-state index in [4.69, 9.17) is 16.7 Å². The van der Waals surface area contributed by atoms with Crippen LogP contribution in [0.4, 0.5) is 4.39 Å². The lowest BCUT2D eigenvalue weighted by atomic mass is 9.97. The summed E-state index contributed by atoms with van der Waals surface area (Å²) in [5.74, 6) is -2.32. The van der Waals surface area contributed by atoms with Crippen LogP contribution >= 0.6 is 11.6 Å². The van der Waals surface area contributed by atoms with Crippen LogP contribution < -0.4 is 0 Å². The van der Waals surface area contributed by atoms with Crippen molar-refractivity contribution in [3.63, 3.8) is 0 Å². The Kier molecular flexibility index (Phi) is 3.52. The Morgan fingerprint density at radius 3 is 2.73 bits per heavy atom. The van der Waals surface area contributed by atoms with Gasteiger partial charge < -0.3 is 10.2 Å². The number of phenolic OH excluding ortho intramolecular Hbond substituents is 1. The zero-order valence-electron chi connectivity index (χ0n) is 8.00. The molecule has 1 atom stereocenters. The Morgan fingerprint density at radius 2 is 2.20 bits per heavy atom. The van der Waals surface area contributed by atoms with Gasteiger partial charge in [-0.1, -0.05) is 18.5 Å². The van der Waals surface area contributed by atoms with Gasteiger partial charge in [-0.15, -0.1) is 0 Å². The zero-order chi connectivity index (χ0) is 11.6. The van der Waals surface area contributed by atoms with Gasteiger partial charge in [0.25, 0.3) is 0 Å². The first kappa shape index (κ1) is 11.8. The van der Waals surface area contributed by atoms with Gasteiger partial charge in [-0.05, 0) is 12.0 Å². The van der Waals surface area contributed by atoms with E-state index in [1.54, 1.807) is 6.92 Å². The van der Waals surface area contributed by atoms with Crippen molar-refractivity contribution in [2.45, 2.75) is 19.3 Å². The Hall–Kier alpha value is -1.29. The van der Waals surface area contributed by atoms with Gasteiger partial charge in [0.05, 0.1) is 11.4 Å². The Morgan fingerprint density at radius 1 is 1.60 bits per heavy atom. The predicted molar refractivity (Wildman–Crippen MR) is 53.7 cm³/mol. The van der Waals surface area contributed by atoms with Gasteiger partial charge in [-0.25, -0.2) is 4.39 Å². The van der Waals surface area contributed by atoms with E-state index in [2.05, 4.69) is 0 Å². The third kappa shape index (κ3) is 2.83. The van der Waals surface area contributed by atoms with Crippen molar-refractivity contribution in [1.29, 1.82) is 0 Å². The van der Waals surface area contributed by atoms with E-state index in [9.17, 15) is 14.3 Å². The minimum Gasteiger partial charge on any atom is -0.508 e. The molecule has 1 rings (SSSR count). The van der Waals surface area contributed by atoms with E-state index in [0.29, 0.717) is 0 Å². The molecule has 0 heterocycles. The smallest absolute Gasteiger partial charge is 0.303 e. The number of aromatic hydroxyl groups is 1. The van der Waals surface area contributed by atoms with E-state index in [1.807, 2.05) is 0 Å². The average Bonchev–Trinajstić information content (AvgIpc) is 2.09. The Labute approximate surface area is 91.1 Å². The SMILES string of the molecule is CC(CC(=O)O)c1cc(F)c(Cl)cc1O. The van der Waals surface area contributed by atoms with Crippen LogP contribution in [0, 0.1) is 5.82 Å². The largest absolute Gasteiger partial charge is 0.508 e. The van der Waals surface area contributed by atoms with Gasteiger partial charge in [0, 0.05) is 11.6 Å². The van der Waals surface area contributed by atoms with Gasteiger partial charge >= 0.3 is 5.97 Å². The maximum absolute atomic E-state index is 13.1. The van der Waals surface area contributed by atoms with Crippen molar-refractivity contribution < 1.29 is 19.4 Å². The lowest BCUT2D eigenvalue weighted by Crippen LogP contribution is -2.03. The van der Waals surface area contributed by atoms with Crippen LogP contribution in [-0.4, -0.2) is 16.2 Å². The molecule has 82 valence electrons. The fourth-order valence-corrected chi connectivity index (χ4v) is 1.48. The van der Waals surface area contributed by atoms with Gasteiger partial charge in [0.2, 0.25) is 0 Å². The van der Waals surface area contributed by atoms with E-state index in [1.165, 1.54) is 0 Å². The lowest BCUT2D eigenvalue weighted by molar-refractivity contribution is -0.137. The zero-order valence-corrected chi connectivity index (χ0v) is 8.75. The highest BCUT2D eigenvalue weighted by atomic mass is 35.5. The van der Waals surface area contributed by atoms with E-state index < -0.39 is 17.7 Å². The van der Waals surface area contributed by atoms with Crippen LogP contribution in [0.25, 0.3) is 0 Å². The summed E-state index contributed by atoms with van der Waals surface area (Å²) in [6.07, 6.45) is -0.172. The van der Waals surface area contributed by atoms with Crippen molar-refractivity contribution in [2.75, 3.05) is 0 Å². The summed E-state index contributed by atoms with van der Waals surface area (Å²) in [6.45, 7) is 1.59. The second-order valence-corrected chi connectivity index (χ2v) is 3.73. The van der Waals surface area contributed by atoms with Crippen LogP contribution in [0.3, 0.4) is 0 Å². The first-order chi connectivity index (χ1) is 6.91. The molecule has 0 spiro atoms. The first-order valence-electron chi connectivity index (χ1n) is 4.31. The third-order valence-corrected chi connectivity index (χ3v) is 2.37. The molecule has 1 aromatic carbocycles. The van der Waals surface area contributed by atoms with Crippen molar-refractivity contribution in [3.05, 3.63) is 28.5 Å². The quantitative estimate of drug-likeness (QED) is 0.843. The maximum atomic E-state index is 13.1. The van der Waals surface area contributed by atoms with Crippen molar-refractivity contribution in [3.8, 4) is 5.75 Å². The van der Waals surface area contributed by atoms with E-state index in [-0.39, 0.29) is 22.8 Å². The highest BCUT2D eigenvalue weighted by Crippen LogP contribution is 2.32. The predicted octanol–water partition coefficient (Wildman–Crippen LogP) is 2.76. The molecule has 1 unspecified atom stereocenters. The molecule has 0 saturated carbocycles. The third-order valence-electron chi connectivity index (χ3n) is 2.08. The number of hydrogen-bond donors (Lipinski definition) is 2. The molecular weight excluding hydrogens is 223 g/mol. The number of carboxylic acids is 1.